The van der Waals surface area contributed by atoms with E-state index in [-0.39, 0.29) is 18.5 Å². The largest absolute Gasteiger partial charge is 0.492 e. The van der Waals surface area contributed by atoms with Crippen molar-refractivity contribution in [2.75, 3.05) is 39.3 Å². The highest BCUT2D eigenvalue weighted by atomic mass is 35.5. The zero-order chi connectivity index (χ0) is 19.7. The van der Waals surface area contributed by atoms with Gasteiger partial charge >= 0.3 is 0 Å². The minimum Gasteiger partial charge on any atom is -0.492 e. The Morgan fingerprint density at radius 3 is 2.71 bits per heavy atom. The molecule has 0 saturated carbocycles. The molecule has 1 aliphatic heterocycles. The van der Waals surface area contributed by atoms with Crippen molar-refractivity contribution in [1.29, 1.82) is 0 Å². The van der Waals surface area contributed by atoms with E-state index in [1.165, 1.54) is 21.1 Å². The molecule has 4 rings (SSSR count). The monoisotopic (exact) mass is 423 g/mol. The van der Waals surface area contributed by atoms with Crippen molar-refractivity contribution in [2.24, 2.45) is 0 Å². The lowest BCUT2D eigenvalue weighted by Crippen LogP contribution is -3.28. The zero-order valence-electron chi connectivity index (χ0n) is 15.9. The third kappa shape index (κ3) is 3.75. The summed E-state index contributed by atoms with van der Waals surface area (Å²) in [5.41, 5.74) is 1.09. The first kappa shape index (κ1) is 19.6. The maximum atomic E-state index is 11.0. The van der Waals surface area contributed by atoms with Gasteiger partial charge in [0.15, 0.2) is 11.9 Å². The van der Waals surface area contributed by atoms with Crippen LogP contribution in [-0.2, 0) is 6.42 Å². The number of fused-ring (bicyclic) bond motifs is 1. The first-order valence-corrected chi connectivity index (χ1v) is 10.9. The van der Waals surface area contributed by atoms with E-state index >= 15 is 0 Å². The van der Waals surface area contributed by atoms with Gasteiger partial charge in [-0.15, -0.1) is 5.10 Å². The van der Waals surface area contributed by atoms with Crippen molar-refractivity contribution in [2.45, 2.75) is 19.4 Å². The second kappa shape index (κ2) is 8.34. The number of piperazine rings is 1. The molecule has 0 radical (unpaired) electrons. The minimum atomic E-state index is -0.0204. The van der Waals surface area contributed by atoms with Gasteiger partial charge in [-0.3, -0.25) is 0 Å². The molecule has 3 heterocycles. The number of aryl methyl sites for hydroxylation is 1. The first-order chi connectivity index (χ1) is 13.6. The van der Waals surface area contributed by atoms with Crippen LogP contribution >= 0.6 is 22.9 Å². The number of aliphatic hydroxyl groups excluding tert-OH is 1. The molecular weight excluding hydrogens is 398 g/mol. The minimum absolute atomic E-state index is 0.0204. The van der Waals surface area contributed by atoms with E-state index in [0.717, 1.165) is 60.4 Å². The van der Waals surface area contributed by atoms with Crippen LogP contribution in [0.4, 0.5) is 0 Å². The molecule has 2 aromatic heterocycles. The fraction of sp³-hybridized carbons (Fsp3) is 0.474. The molecule has 0 aliphatic carbocycles. The second-order valence-corrected chi connectivity index (χ2v) is 8.68. The van der Waals surface area contributed by atoms with Gasteiger partial charge in [0, 0.05) is 17.0 Å². The number of nitrogens with one attached hydrogen (secondary N) is 2. The van der Waals surface area contributed by atoms with Crippen molar-refractivity contribution in [3.8, 4) is 5.88 Å². The Morgan fingerprint density at radius 1 is 1.29 bits per heavy atom. The van der Waals surface area contributed by atoms with E-state index in [9.17, 15) is 10.2 Å². The summed E-state index contributed by atoms with van der Waals surface area (Å²) < 4.78 is 1.56. The molecule has 3 aromatic rings. The molecule has 0 unspecified atom stereocenters. The molecule has 1 saturated heterocycles. The number of aliphatic hydroxyl groups is 1. The normalized spacial score (nSPS) is 21.2. The summed E-state index contributed by atoms with van der Waals surface area (Å²) in [4.78, 5) is 8.94. The SMILES string of the molecule is CCc1nc2sc([C@H](c3cccc(Cl)c3)[NH+]3CC[NH+](CCO)CC3)c(O)n2n1. The molecular formula is C19H26ClN5O2S+2. The lowest BCUT2D eigenvalue weighted by molar-refractivity contribution is -1.02. The summed E-state index contributed by atoms with van der Waals surface area (Å²) in [7, 11) is 0. The van der Waals surface area contributed by atoms with Gasteiger partial charge in [0.2, 0.25) is 10.8 Å². The number of hydrogen-bond donors (Lipinski definition) is 4. The number of quaternary nitrogens is 2. The molecule has 1 atom stereocenters. The Labute approximate surface area is 172 Å². The molecule has 9 heteroatoms. The third-order valence-corrected chi connectivity index (χ3v) is 6.80. The molecule has 1 fully saturated rings. The van der Waals surface area contributed by atoms with Crippen LogP contribution in [0.15, 0.2) is 24.3 Å². The number of nitrogens with zero attached hydrogens (tertiary/aromatic N) is 3. The van der Waals surface area contributed by atoms with Gasteiger partial charge in [0.25, 0.3) is 0 Å². The molecule has 1 aromatic carbocycles. The van der Waals surface area contributed by atoms with Crippen molar-refractivity contribution in [3.05, 3.63) is 45.6 Å². The molecule has 0 amide bonds. The maximum Gasteiger partial charge on any atom is 0.235 e. The van der Waals surface area contributed by atoms with E-state index in [1.807, 2.05) is 25.1 Å². The van der Waals surface area contributed by atoms with Gasteiger partial charge in [-0.1, -0.05) is 42.0 Å². The summed E-state index contributed by atoms with van der Waals surface area (Å²) >= 11 is 7.79. The maximum absolute atomic E-state index is 11.0. The second-order valence-electron chi connectivity index (χ2n) is 7.24. The summed E-state index contributed by atoms with van der Waals surface area (Å²) in [6, 6.07) is 7.87. The van der Waals surface area contributed by atoms with E-state index in [0.29, 0.717) is 5.02 Å². The Morgan fingerprint density at radius 2 is 2.07 bits per heavy atom. The van der Waals surface area contributed by atoms with Crippen LogP contribution in [0.5, 0.6) is 5.88 Å². The average Bonchev–Trinajstić information content (AvgIpc) is 3.23. The van der Waals surface area contributed by atoms with Gasteiger partial charge in [0.05, 0.1) is 6.61 Å². The molecule has 28 heavy (non-hydrogen) atoms. The van der Waals surface area contributed by atoms with Crippen molar-refractivity contribution in [1.82, 2.24) is 14.6 Å². The van der Waals surface area contributed by atoms with Gasteiger partial charge < -0.3 is 20.0 Å². The van der Waals surface area contributed by atoms with Crippen LogP contribution in [0, 0.1) is 0 Å². The topological polar surface area (TPSA) is 79.5 Å². The fourth-order valence-electron chi connectivity index (χ4n) is 4.01. The van der Waals surface area contributed by atoms with Crippen LogP contribution in [0.2, 0.25) is 5.02 Å². The highest BCUT2D eigenvalue weighted by molar-refractivity contribution is 7.17. The average molecular weight is 424 g/mol. The number of aromatic nitrogens is 3. The van der Waals surface area contributed by atoms with Crippen molar-refractivity contribution < 1.29 is 20.0 Å². The Bertz CT molecular complexity index is 951. The van der Waals surface area contributed by atoms with E-state index in [2.05, 4.69) is 16.1 Å². The van der Waals surface area contributed by atoms with Crippen LogP contribution < -0.4 is 9.80 Å². The quantitative estimate of drug-likeness (QED) is 0.434. The van der Waals surface area contributed by atoms with Crippen molar-refractivity contribution >= 4 is 27.9 Å². The van der Waals surface area contributed by atoms with Gasteiger partial charge in [-0.25, -0.2) is 4.98 Å². The van der Waals surface area contributed by atoms with E-state index in [1.54, 1.807) is 4.52 Å². The molecule has 0 spiro atoms. The number of aromatic hydroxyl groups is 1. The predicted octanol–water partition coefficient (Wildman–Crippen LogP) is -0.423. The molecule has 0 bridgehead atoms. The lowest BCUT2D eigenvalue weighted by Gasteiger charge is -2.34. The summed E-state index contributed by atoms with van der Waals surface area (Å²) in [6.07, 6.45) is 0.738. The number of rotatable bonds is 6. The van der Waals surface area contributed by atoms with E-state index in [4.69, 9.17) is 11.6 Å². The van der Waals surface area contributed by atoms with Crippen LogP contribution in [-0.4, -0.2) is 64.1 Å². The summed E-state index contributed by atoms with van der Waals surface area (Å²) in [5, 5.41) is 25.3. The van der Waals surface area contributed by atoms with Gasteiger partial charge in [0.1, 0.15) is 37.6 Å². The Hall–Kier alpha value is -1.71. The number of benzene rings is 1. The highest BCUT2D eigenvalue weighted by Crippen LogP contribution is 2.35. The zero-order valence-corrected chi connectivity index (χ0v) is 17.4. The predicted molar refractivity (Wildman–Crippen MR) is 109 cm³/mol. The summed E-state index contributed by atoms with van der Waals surface area (Å²) in [6.45, 7) is 6.92. The van der Waals surface area contributed by atoms with Crippen molar-refractivity contribution in [3.63, 3.8) is 0 Å². The lowest BCUT2D eigenvalue weighted by atomic mass is 10.0. The molecule has 1 aliphatic rings. The van der Waals surface area contributed by atoms with Crippen LogP contribution in [0.25, 0.3) is 4.96 Å². The number of halogens is 1. The smallest absolute Gasteiger partial charge is 0.235 e. The van der Waals surface area contributed by atoms with Crippen LogP contribution in [0.3, 0.4) is 0 Å². The summed E-state index contributed by atoms with van der Waals surface area (Å²) in [5.74, 6) is 0.913. The van der Waals surface area contributed by atoms with Gasteiger partial charge in [-0.2, -0.15) is 4.52 Å². The number of hydrogen-bond acceptors (Lipinski definition) is 5. The van der Waals surface area contributed by atoms with Crippen LogP contribution in [0.1, 0.15) is 29.2 Å². The van der Waals surface area contributed by atoms with E-state index < -0.39 is 0 Å². The standard InChI is InChI=1S/C19H24ClN5O2S/c1-2-15-21-19-25(22-15)18(27)17(28-19)16(13-4-3-5-14(20)12-13)24-8-6-23(7-9-24)10-11-26/h3-5,12,16,26-27H,2,6-11H2,1H3/p+2/t16-/m0/s1. The van der Waals surface area contributed by atoms with Gasteiger partial charge in [-0.05, 0) is 12.1 Å². The molecule has 4 N–H and O–H groups in total. The highest BCUT2D eigenvalue weighted by Gasteiger charge is 2.36. The molecule has 7 nitrogen and oxygen atoms in total. The first-order valence-electron chi connectivity index (χ1n) is 9.72. The fourth-order valence-corrected chi connectivity index (χ4v) is 5.37. The third-order valence-electron chi connectivity index (χ3n) is 5.48. The molecule has 150 valence electrons. The Balaban J connectivity index is 1.71. The Kier molecular flexibility index (Phi) is 5.84. The number of thiazole rings is 1.